The van der Waals surface area contributed by atoms with E-state index in [4.69, 9.17) is 0 Å². The van der Waals surface area contributed by atoms with E-state index >= 15 is 0 Å². The number of amides is 1. The highest BCUT2D eigenvalue weighted by atomic mass is 19.4. The lowest BCUT2D eigenvalue weighted by molar-refractivity contribution is -0.142. The van der Waals surface area contributed by atoms with Gasteiger partial charge in [-0.05, 0) is 62.6 Å². The van der Waals surface area contributed by atoms with Gasteiger partial charge in [0.25, 0.3) is 5.56 Å². The number of halogens is 3. The molecule has 0 N–H and O–H groups in total. The number of aromatic nitrogens is 2. The number of alkyl halides is 3. The molecule has 1 atom stereocenters. The van der Waals surface area contributed by atoms with Crippen molar-refractivity contribution in [1.29, 1.82) is 0 Å². The standard InChI is InChI=1S/C23H24F3N3O2/c1-5-18(21(30)28(6-2)16-10-8-7-9-11-16)29-19-13-15(4)14(3)12-17(19)27-20(22(29)31)23(24,25)26/h7-13,18H,5-6H2,1-4H3. The molecular weight excluding hydrogens is 407 g/mol. The van der Waals surface area contributed by atoms with Gasteiger partial charge in [0.1, 0.15) is 6.04 Å². The molecule has 0 saturated heterocycles. The van der Waals surface area contributed by atoms with Crippen LogP contribution in [-0.2, 0) is 11.0 Å². The van der Waals surface area contributed by atoms with E-state index in [-0.39, 0.29) is 17.5 Å². The van der Waals surface area contributed by atoms with E-state index < -0.39 is 29.4 Å². The highest BCUT2D eigenvalue weighted by molar-refractivity contribution is 5.97. The van der Waals surface area contributed by atoms with Gasteiger partial charge < -0.3 is 4.90 Å². The van der Waals surface area contributed by atoms with E-state index in [0.717, 1.165) is 15.7 Å². The van der Waals surface area contributed by atoms with Crippen LogP contribution in [0.5, 0.6) is 0 Å². The van der Waals surface area contributed by atoms with Crippen LogP contribution in [0.25, 0.3) is 11.0 Å². The largest absolute Gasteiger partial charge is 0.438 e. The van der Waals surface area contributed by atoms with Gasteiger partial charge in [-0.1, -0.05) is 25.1 Å². The molecule has 0 spiro atoms. The Kier molecular flexibility index (Phi) is 6.20. The molecule has 0 saturated carbocycles. The van der Waals surface area contributed by atoms with Crippen molar-refractivity contribution in [2.75, 3.05) is 11.4 Å². The molecule has 3 aromatic rings. The maximum Gasteiger partial charge on any atom is 0.438 e. The molecule has 3 rings (SSSR count). The Hall–Kier alpha value is -3.16. The van der Waals surface area contributed by atoms with Crippen LogP contribution in [-0.4, -0.2) is 22.0 Å². The lowest BCUT2D eigenvalue weighted by Gasteiger charge is -2.28. The third kappa shape index (κ3) is 4.19. The van der Waals surface area contributed by atoms with Crippen molar-refractivity contribution < 1.29 is 18.0 Å². The highest BCUT2D eigenvalue weighted by Gasteiger charge is 2.39. The highest BCUT2D eigenvalue weighted by Crippen LogP contribution is 2.30. The number of carbonyl (C=O) groups is 1. The van der Waals surface area contributed by atoms with E-state index in [0.29, 0.717) is 12.2 Å². The van der Waals surface area contributed by atoms with Gasteiger partial charge in [0.2, 0.25) is 11.6 Å². The van der Waals surface area contributed by atoms with Crippen molar-refractivity contribution in [3.63, 3.8) is 0 Å². The van der Waals surface area contributed by atoms with Crippen LogP contribution < -0.4 is 10.5 Å². The molecule has 2 aromatic carbocycles. The lowest BCUT2D eigenvalue weighted by atomic mass is 10.1. The van der Waals surface area contributed by atoms with Gasteiger partial charge in [-0.3, -0.25) is 14.2 Å². The Balaban J connectivity index is 2.29. The summed E-state index contributed by atoms with van der Waals surface area (Å²) in [5.74, 6) is -0.447. The van der Waals surface area contributed by atoms with E-state index in [1.807, 2.05) is 0 Å². The normalized spacial score (nSPS) is 12.7. The van der Waals surface area contributed by atoms with Crippen LogP contribution in [0, 0.1) is 13.8 Å². The molecule has 0 fully saturated rings. The predicted molar refractivity (Wildman–Crippen MR) is 114 cm³/mol. The van der Waals surface area contributed by atoms with Crippen LogP contribution in [0.4, 0.5) is 18.9 Å². The molecule has 1 unspecified atom stereocenters. The molecule has 0 aliphatic carbocycles. The first-order valence-corrected chi connectivity index (χ1v) is 10.1. The van der Waals surface area contributed by atoms with Gasteiger partial charge in [-0.2, -0.15) is 13.2 Å². The van der Waals surface area contributed by atoms with E-state index in [1.165, 1.54) is 11.0 Å². The van der Waals surface area contributed by atoms with Crippen LogP contribution in [0.15, 0.2) is 47.3 Å². The maximum atomic E-state index is 13.6. The third-order valence-corrected chi connectivity index (χ3v) is 5.41. The molecule has 164 valence electrons. The molecule has 0 aliphatic heterocycles. The Bertz CT molecular complexity index is 1170. The summed E-state index contributed by atoms with van der Waals surface area (Å²) in [4.78, 5) is 31.6. The molecule has 0 aliphatic rings. The number of nitrogens with zero attached hydrogens (tertiary/aromatic N) is 3. The fourth-order valence-corrected chi connectivity index (χ4v) is 3.68. The summed E-state index contributed by atoms with van der Waals surface area (Å²) in [5.41, 5.74) is -0.431. The van der Waals surface area contributed by atoms with Crippen LogP contribution in [0.1, 0.15) is 43.1 Å². The van der Waals surface area contributed by atoms with Crippen molar-refractivity contribution in [1.82, 2.24) is 9.55 Å². The summed E-state index contributed by atoms with van der Waals surface area (Å²) in [5, 5.41) is 0. The number of fused-ring (bicyclic) bond motifs is 1. The predicted octanol–water partition coefficient (Wildman–Crippen LogP) is 5.04. The van der Waals surface area contributed by atoms with Gasteiger partial charge in [-0.25, -0.2) is 4.98 Å². The molecular formula is C23H24F3N3O2. The number of hydrogen-bond donors (Lipinski definition) is 0. The number of para-hydroxylation sites is 1. The lowest BCUT2D eigenvalue weighted by Crippen LogP contribution is -2.42. The fraction of sp³-hybridized carbons (Fsp3) is 0.348. The average Bonchev–Trinajstić information content (AvgIpc) is 2.72. The summed E-state index contributed by atoms with van der Waals surface area (Å²) in [6, 6.07) is 10.9. The van der Waals surface area contributed by atoms with Gasteiger partial charge in [-0.15, -0.1) is 0 Å². The second-order valence-electron chi connectivity index (χ2n) is 7.40. The van der Waals surface area contributed by atoms with Crippen LogP contribution in [0.3, 0.4) is 0 Å². The number of aryl methyl sites for hydroxylation is 2. The zero-order valence-electron chi connectivity index (χ0n) is 17.8. The monoisotopic (exact) mass is 431 g/mol. The topological polar surface area (TPSA) is 55.2 Å². The van der Waals surface area contributed by atoms with Crippen molar-refractivity contribution in [3.8, 4) is 0 Å². The van der Waals surface area contributed by atoms with Crippen molar-refractivity contribution in [2.45, 2.75) is 46.3 Å². The Morgan fingerprint density at radius 3 is 2.26 bits per heavy atom. The molecule has 5 nitrogen and oxygen atoms in total. The van der Waals surface area contributed by atoms with E-state index in [2.05, 4.69) is 4.98 Å². The van der Waals surface area contributed by atoms with Crippen molar-refractivity contribution >= 4 is 22.6 Å². The summed E-state index contributed by atoms with van der Waals surface area (Å²) < 4.78 is 41.8. The second-order valence-corrected chi connectivity index (χ2v) is 7.40. The molecule has 1 amide bonds. The minimum Gasteiger partial charge on any atom is -0.311 e. The molecule has 1 aromatic heterocycles. The first kappa shape index (κ1) is 22.5. The molecule has 0 radical (unpaired) electrons. The van der Waals surface area contributed by atoms with Gasteiger partial charge in [0.05, 0.1) is 11.0 Å². The van der Waals surface area contributed by atoms with Crippen LogP contribution in [0.2, 0.25) is 0 Å². The Labute approximate surface area is 178 Å². The molecule has 8 heteroatoms. The second kappa shape index (κ2) is 8.53. The van der Waals surface area contributed by atoms with Crippen molar-refractivity contribution in [2.24, 2.45) is 0 Å². The quantitative estimate of drug-likeness (QED) is 0.569. The van der Waals surface area contributed by atoms with Crippen molar-refractivity contribution in [3.05, 3.63) is 69.6 Å². The number of benzene rings is 2. The average molecular weight is 431 g/mol. The minimum atomic E-state index is -4.93. The first-order valence-electron chi connectivity index (χ1n) is 10.1. The fourth-order valence-electron chi connectivity index (χ4n) is 3.68. The summed E-state index contributed by atoms with van der Waals surface area (Å²) in [6.45, 7) is 7.32. The zero-order valence-corrected chi connectivity index (χ0v) is 17.8. The van der Waals surface area contributed by atoms with Gasteiger partial charge >= 0.3 is 6.18 Å². The summed E-state index contributed by atoms with van der Waals surface area (Å²) in [6.07, 6.45) is -4.79. The minimum absolute atomic E-state index is 0.0315. The maximum absolute atomic E-state index is 13.6. The number of hydrogen-bond acceptors (Lipinski definition) is 3. The number of anilines is 1. The van der Waals surface area contributed by atoms with E-state index in [1.54, 1.807) is 64.1 Å². The molecule has 31 heavy (non-hydrogen) atoms. The summed E-state index contributed by atoms with van der Waals surface area (Å²) in [7, 11) is 0. The van der Waals surface area contributed by atoms with E-state index in [9.17, 15) is 22.8 Å². The molecule has 0 bridgehead atoms. The SMILES string of the molecule is CCC(C(=O)N(CC)c1ccccc1)n1c(=O)c(C(F)(F)F)nc2cc(C)c(C)cc21. The number of carbonyl (C=O) groups excluding carboxylic acids is 1. The Morgan fingerprint density at radius 2 is 1.71 bits per heavy atom. The number of rotatable bonds is 5. The third-order valence-electron chi connectivity index (χ3n) is 5.41. The Morgan fingerprint density at radius 1 is 1.10 bits per heavy atom. The smallest absolute Gasteiger partial charge is 0.311 e. The first-order chi connectivity index (χ1) is 14.6. The van der Waals surface area contributed by atoms with Gasteiger partial charge in [0, 0.05) is 12.2 Å². The molecule has 1 heterocycles. The van der Waals surface area contributed by atoms with Gasteiger partial charge in [0.15, 0.2) is 0 Å². The van der Waals surface area contributed by atoms with Crippen LogP contribution >= 0.6 is 0 Å². The number of likely N-dealkylation sites (N-methyl/N-ethyl adjacent to an activating group) is 1. The zero-order chi connectivity index (χ0) is 22.9. The summed E-state index contributed by atoms with van der Waals surface area (Å²) >= 11 is 0.